The maximum Gasteiger partial charge on any atom is 0.337 e. The number of benzene rings is 1. The van der Waals surface area contributed by atoms with E-state index in [1.165, 1.54) is 25.7 Å². The quantitative estimate of drug-likeness (QED) is 0.880. The largest absolute Gasteiger partial charge is 0.478 e. The van der Waals surface area contributed by atoms with Gasteiger partial charge in [0.15, 0.2) is 0 Å². The van der Waals surface area contributed by atoms with E-state index in [-0.39, 0.29) is 0 Å². The molecule has 3 nitrogen and oxygen atoms in total. The SMILES string of the molecule is O=C(O)c1ccc(Br)cc1NCC1CC2CCC1C2. The molecule has 19 heavy (non-hydrogen) atoms. The number of anilines is 1. The van der Waals surface area contributed by atoms with Gasteiger partial charge in [-0.1, -0.05) is 22.4 Å². The Kier molecular flexibility index (Phi) is 3.52. The van der Waals surface area contributed by atoms with Gasteiger partial charge in [-0.3, -0.25) is 0 Å². The van der Waals surface area contributed by atoms with Gasteiger partial charge in [0.1, 0.15) is 0 Å². The van der Waals surface area contributed by atoms with E-state index in [1.54, 1.807) is 12.1 Å². The van der Waals surface area contributed by atoms with E-state index in [1.807, 2.05) is 6.07 Å². The predicted octanol–water partition coefficient (Wildman–Crippen LogP) is 4.00. The van der Waals surface area contributed by atoms with Crippen molar-refractivity contribution in [3.05, 3.63) is 28.2 Å². The lowest BCUT2D eigenvalue weighted by molar-refractivity contribution is 0.0698. The summed E-state index contributed by atoms with van der Waals surface area (Å²) in [6, 6.07) is 5.28. The number of halogens is 1. The van der Waals surface area contributed by atoms with E-state index in [0.717, 1.165) is 34.5 Å². The first-order valence-corrected chi connectivity index (χ1v) is 7.69. The average Bonchev–Trinajstić information content (AvgIpc) is 2.98. The molecule has 3 unspecified atom stereocenters. The molecule has 0 aliphatic heterocycles. The van der Waals surface area contributed by atoms with Crippen molar-refractivity contribution in [2.45, 2.75) is 25.7 Å². The number of fused-ring (bicyclic) bond motifs is 2. The van der Waals surface area contributed by atoms with E-state index >= 15 is 0 Å². The van der Waals surface area contributed by atoms with Crippen LogP contribution in [0.1, 0.15) is 36.0 Å². The Morgan fingerprint density at radius 2 is 2.21 bits per heavy atom. The molecular weight excluding hydrogens is 306 g/mol. The third kappa shape index (κ3) is 2.64. The normalized spacial score (nSPS) is 28.6. The maximum absolute atomic E-state index is 11.2. The molecule has 2 bridgehead atoms. The van der Waals surface area contributed by atoms with E-state index in [9.17, 15) is 9.90 Å². The molecule has 2 aliphatic carbocycles. The zero-order valence-corrected chi connectivity index (χ0v) is 12.3. The van der Waals surface area contributed by atoms with Crippen molar-refractivity contribution in [2.75, 3.05) is 11.9 Å². The van der Waals surface area contributed by atoms with Crippen molar-refractivity contribution in [3.8, 4) is 0 Å². The van der Waals surface area contributed by atoms with Gasteiger partial charge in [-0.25, -0.2) is 4.79 Å². The van der Waals surface area contributed by atoms with E-state index in [2.05, 4.69) is 21.2 Å². The van der Waals surface area contributed by atoms with Gasteiger partial charge >= 0.3 is 5.97 Å². The second-order valence-corrected chi connectivity index (χ2v) is 6.73. The zero-order chi connectivity index (χ0) is 13.4. The number of carboxylic acids is 1. The van der Waals surface area contributed by atoms with Crippen LogP contribution in [-0.4, -0.2) is 17.6 Å². The third-order valence-corrected chi connectivity index (χ3v) is 5.14. The second-order valence-electron chi connectivity index (χ2n) is 5.81. The Balaban J connectivity index is 1.69. The van der Waals surface area contributed by atoms with Crippen LogP contribution in [0.25, 0.3) is 0 Å². The van der Waals surface area contributed by atoms with Crippen LogP contribution in [0.4, 0.5) is 5.69 Å². The standard InChI is InChI=1S/C15H18BrNO2/c16-12-3-4-13(15(18)19)14(7-12)17-8-11-6-9-1-2-10(11)5-9/h3-4,7,9-11,17H,1-2,5-6,8H2,(H,18,19). The molecule has 3 atom stereocenters. The van der Waals surface area contributed by atoms with Crippen molar-refractivity contribution in [1.82, 2.24) is 0 Å². The van der Waals surface area contributed by atoms with Gasteiger partial charge in [0.05, 0.1) is 5.56 Å². The summed E-state index contributed by atoms with van der Waals surface area (Å²) in [5.74, 6) is 1.64. The molecule has 2 N–H and O–H groups in total. The lowest BCUT2D eigenvalue weighted by atomic mass is 9.89. The highest BCUT2D eigenvalue weighted by Crippen LogP contribution is 2.48. The Bertz CT molecular complexity index is 503. The molecule has 0 amide bonds. The highest BCUT2D eigenvalue weighted by molar-refractivity contribution is 9.10. The van der Waals surface area contributed by atoms with Crippen LogP contribution in [-0.2, 0) is 0 Å². The minimum absolute atomic E-state index is 0.353. The van der Waals surface area contributed by atoms with Crippen LogP contribution in [0.15, 0.2) is 22.7 Å². The maximum atomic E-state index is 11.2. The molecule has 0 aromatic heterocycles. The van der Waals surface area contributed by atoms with Gasteiger partial charge in [-0.2, -0.15) is 0 Å². The van der Waals surface area contributed by atoms with Gasteiger partial charge in [-0.15, -0.1) is 0 Å². The van der Waals surface area contributed by atoms with Crippen LogP contribution < -0.4 is 5.32 Å². The molecule has 1 aromatic rings. The molecule has 2 aliphatic rings. The highest BCUT2D eigenvalue weighted by Gasteiger charge is 2.39. The third-order valence-electron chi connectivity index (χ3n) is 4.65. The second kappa shape index (κ2) is 5.16. The number of hydrogen-bond donors (Lipinski definition) is 2. The molecule has 102 valence electrons. The summed E-state index contributed by atoms with van der Waals surface area (Å²) in [5, 5.41) is 12.5. The number of rotatable bonds is 4. The zero-order valence-electron chi connectivity index (χ0n) is 10.7. The van der Waals surface area contributed by atoms with Gasteiger partial charge in [0, 0.05) is 16.7 Å². The van der Waals surface area contributed by atoms with Crippen molar-refractivity contribution >= 4 is 27.6 Å². The average molecular weight is 324 g/mol. The fourth-order valence-electron chi connectivity index (χ4n) is 3.72. The number of carboxylic acid groups (broad SMARTS) is 1. The molecule has 3 rings (SSSR count). The highest BCUT2D eigenvalue weighted by atomic mass is 79.9. The first-order chi connectivity index (χ1) is 9.13. The number of hydrogen-bond acceptors (Lipinski definition) is 2. The fraction of sp³-hybridized carbons (Fsp3) is 0.533. The van der Waals surface area contributed by atoms with E-state index < -0.39 is 5.97 Å². The van der Waals surface area contributed by atoms with Crippen LogP contribution >= 0.6 is 15.9 Å². The summed E-state index contributed by atoms with van der Waals surface area (Å²) in [7, 11) is 0. The molecule has 4 heteroatoms. The molecule has 0 spiro atoms. The molecule has 2 saturated carbocycles. The van der Waals surface area contributed by atoms with Gasteiger partial charge in [-0.05, 0) is 55.2 Å². The van der Waals surface area contributed by atoms with Crippen LogP contribution in [0.3, 0.4) is 0 Å². The molecule has 0 radical (unpaired) electrons. The Hall–Kier alpha value is -1.03. The smallest absolute Gasteiger partial charge is 0.337 e. The Labute approximate surface area is 121 Å². The first-order valence-electron chi connectivity index (χ1n) is 6.90. The van der Waals surface area contributed by atoms with Crippen LogP contribution in [0.2, 0.25) is 0 Å². The number of carbonyl (C=O) groups is 1. The lowest BCUT2D eigenvalue weighted by Gasteiger charge is -2.23. The molecule has 2 fully saturated rings. The topological polar surface area (TPSA) is 49.3 Å². The van der Waals surface area contributed by atoms with Gasteiger partial charge in [0.25, 0.3) is 0 Å². The van der Waals surface area contributed by atoms with E-state index in [4.69, 9.17) is 0 Å². The fourth-order valence-corrected chi connectivity index (χ4v) is 4.08. The first kappa shape index (κ1) is 13.0. The number of nitrogens with one attached hydrogen (secondary N) is 1. The van der Waals surface area contributed by atoms with Gasteiger partial charge in [0.2, 0.25) is 0 Å². The number of aromatic carboxylic acids is 1. The van der Waals surface area contributed by atoms with Crippen molar-refractivity contribution in [1.29, 1.82) is 0 Å². The van der Waals surface area contributed by atoms with E-state index in [0.29, 0.717) is 5.56 Å². The minimum atomic E-state index is -0.872. The monoisotopic (exact) mass is 323 g/mol. The lowest BCUT2D eigenvalue weighted by Crippen LogP contribution is -2.21. The molecule has 0 saturated heterocycles. The minimum Gasteiger partial charge on any atom is -0.478 e. The summed E-state index contributed by atoms with van der Waals surface area (Å²) in [4.78, 5) is 11.2. The van der Waals surface area contributed by atoms with Gasteiger partial charge < -0.3 is 10.4 Å². The summed E-state index contributed by atoms with van der Waals surface area (Å²) in [6.45, 7) is 0.901. The molecule has 1 aromatic carbocycles. The van der Waals surface area contributed by atoms with Crippen LogP contribution in [0.5, 0.6) is 0 Å². The molecular formula is C15H18BrNO2. The van der Waals surface area contributed by atoms with Crippen LogP contribution in [0, 0.1) is 17.8 Å². The van der Waals surface area contributed by atoms with Crippen molar-refractivity contribution in [2.24, 2.45) is 17.8 Å². The Morgan fingerprint density at radius 1 is 1.37 bits per heavy atom. The van der Waals surface area contributed by atoms with Crippen molar-refractivity contribution < 1.29 is 9.90 Å². The summed E-state index contributed by atoms with van der Waals surface area (Å²) >= 11 is 3.40. The summed E-state index contributed by atoms with van der Waals surface area (Å²) < 4.78 is 0.910. The predicted molar refractivity (Wildman–Crippen MR) is 78.5 cm³/mol. The summed E-state index contributed by atoms with van der Waals surface area (Å²) in [6.07, 6.45) is 5.46. The summed E-state index contributed by atoms with van der Waals surface area (Å²) in [5.41, 5.74) is 1.08. The Morgan fingerprint density at radius 3 is 2.84 bits per heavy atom. The molecule has 0 heterocycles. The van der Waals surface area contributed by atoms with Crippen molar-refractivity contribution in [3.63, 3.8) is 0 Å².